The highest BCUT2D eigenvalue weighted by Crippen LogP contribution is 2.09. The third-order valence-electron chi connectivity index (χ3n) is 4.96. The minimum Gasteiger partial charge on any atom is -0.464 e. The third kappa shape index (κ3) is 17.0. The molecule has 0 heterocycles. The molecule has 0 aromatic rings. The minimum absolute atomic E-state index is 0.130. The van der Waals surface area contributed by atoms with Crippen LogP contribution in [0.4, 0.5) is 0 Å². The van der Waals surface area contributed by atoms with Crippen molar-refractivity contribution < 1.29 is 18.8 Å². The number of quaternary nitrogens is 1. The lowest BCUT2D eigenvalue weighted by Crippen LogP contribution is -2.40. The second-order valence-corrected chi connectivity index (χ2v) is 8.94. The van der Waals surface area contributed by atoms with Crippen molar-refractivity contribution in [3.8, 4) is 0 Å². The maximum Gasteiger partial charge on any atom is 0.305 e. The Kier molecular flexibility index (Phi) is 16.2. The van der Waals surface area contributed by atoms with Crippen LogP contribution in [0.2, 0.25) is 0 Å². The maximum atomic E-state index is 12.6. The molecule has 0 fully saturated rings. The van der Waals surface area contributed by atoms with Gasteiger partial charge in [-0.15, -0.1) is 0 Å². The first-order chi connectivity index (χ1) is 13.3. The van der Waals surface area contributed by atoms with Gasteiger partial charge in [0.2, 0.25) is 5.91 Å². The molecule has 0 saturated carbocycles. The highest BCUT2D eigenvalue weighted by molar-refractivity contribution is 5.76. The zero-order valence-electron chi connectivity index (χ0n) is 19.4. The molecule has 0 aromatic carbocycles. The average Bonchev–Trinajstić information content (AvgIpc) is 2.62. The predicted molar refractivity (Wildman–Crippen MR) is 117 cm³/mol. The fraction of sp³-hybridized carbons (Fsp3) is 0.913. The minimum atomic E-state index is -0.130. The lowest BCUT2D eigenvalue weighted by atomic mass is 10.1. The van der Waals surface area contributed by atoms with Crippen LogP contribution in [0.3, 0.4) is 0 Å². The van der Waals surface area contributed by atoms with Gasteiger partial charge in [-0.2, -0.15) is 0 Å². The Morgan fingerprint density at radius 3 is 1.93 bits per heavy atom. The number of carbonyl (C=O) groups excluding carboxylic acids is 2. The normalized spacial score (nSPS) is 11.5. The first-order valence-corrected chi connectivity index (χ1v) is 11.5. The molecule has 0 spiro atoms. The Balaban J connectivity index is 4.27. The van der Waals surface area contributed by atoms with Gasteiger partial charge in [-0.1, -0.05) is 58.8 Å². The van der Waals surface area contributed by atoms with Crippen LogP contribution in [0.5, 0.6) is 0 Å². The molecule has 0 radical (unpaired) electrons. The summed E-state index contributed by atoms with van der Waals surface area (Å²) >= 11 is 0. The van der Waals surface area contributed by atoms with Crippen molar-refractivity contribution in [1.29, 1.82) is 0 Å². The molecule has 0 unspecified atom stereocenters. The number of rotatable bonds is 18. The van der Waals surface area contributed by atoms with E-state index < -0.39 is 0 Å². The van der Waals surface area contributed by atoms with Crippen LogP contribution < -0.4 is 0 Å². The molecule has 0 aliphatic carbocycles. The lowest BCUT2D eigenvalue weighted by Gasteiger charge is -2.27. The van der Waals surface area contributed by atoms with E-state index in [9.17, 15) is 9.59 Å². The Bertz CT molecular complexity index is 405. The van der Waals surface area contributed by atoms with Crippen molar-refractivity contribution in [2.45, 2.75) is 90.9 Å². The first-order valence-electron chi connectivity index (χ1n) is 11.5. The molecule has 0 aliphatic heterocycles. The van der Waals surface area contributed by atoms with E-state index in [0.29, 0.717) is 26.0 Å². The van der Waals surface area contributed by atoms with Crippen LogP contribution in [-0.4, -0.2) is 68.6 Å². The molecule has 5 heteroatoms. The first kappa shape index (κ1) is 26.9. The van der Waals surface area contributed by atoms with Gasteiger partial charge in [0.1, 0.15) is 6.61 Å². The topological polar surface area (TPSA) is 46.6 Å². The van der Waals surface area contributed by atoms with Crippen LogP contribution in [0, 0.1) is 0 Å². The monoisotopic (exact) mass is 399 g/mol. The van der Waals surface area contributed by atoms with Gasteiger partial charge in [0.15, 0.2) is 0 Å². The molecule has 166 valence electrons. The van der Waals surface area contributed by atoms with Gasteiger partial charge < -0.3 is 14.1 Å². The summed E-state index contributed by atoms with van der Waals surface area (Å²) in [7, 11) is 6.50. The van der Waals surface area contributed by atoms with Gasteiger partial charge in [-0.05, 0) is 12.8 Å². The largest absolute Gasteiger partial charge is 0.464 e. The Labute approximate surface area is 174 Å². The van der Waals surface area contributed by atoms with Gasteiger partial charge in [0, 0.05) is 25.8 Å². The molecule has 0 saturated heterocycles. The van der Waals surface area contributed by atoms with Crippen LogP contribution in [0.15, 0.2) is 0 Å². The molecule has 0 atom stereocenters. The predicted octanol–water partition coefficient (Wildman–Crippen LogP) is 4.79. The summed E-state index contributed by atoms with van der Waals surface area (Å²) in [5, 5.41) is 0. The van der Waals surface area contributed by atoms with E-state index in [2.05, 4.69) is 35.0 Å². The van der Waals surface area contributed by atoms with Gasteiger partial charge in [-0.25, -0.2) is 0 Å². The van der Waals surface area contributed by atoms with E-state index in [0.717, 1.165) is 56.1 Å². The molecule has 0 rings (SSSR count). The SMILES string of the molecule is CCCCCCCC(=O)N(CCC[N+](C)(C)C)CCOC(=O)CCCCCC. The van der Waals surface area contributed by atoms with E-state index in [4.69, 9.17) is 4.74 Å². The second-order valence-electron chi connectivity index (χ2n) is 8.94. The third-order valence-corrected chi connectivity index (χ3v) is 4.96. The van der Waals surface area contributed by atoms with Crippen molar-refractivity contribution >= 4 is 11.9 Å². The fourth-order valence-electron chi connectivity index (χ4n) is 3.17. The Hall–Kier alpha value is -1.10. The van der Waals surface area contributed by atoms with E-state index >= 15 is 0 Å². The molecule has 5 nitrogen and oxygen atoms in total. The number of esters is 1. The standard InChI is InChI=1S/C23H47N2O3/c1-6-8-10-12-13-16-22(26)24(18-15-20-25(3,4)5)19-21-28-23(27)17-14-11-9-7-2/h6-21H2,1-5H3/q+1. The van der Waals surface area contributed by atoms with Crippen LogP contribution >= 0.6 is 0 Å². The highest BCUT2D eigenvalue weighted by Gasteiger charge is 2.16. The van der Waals surface area contributed by atoms with E-state index in [-0.39, 0.29) is 11.9 Å². The molecule has 28 heavy (non-hydrogen) atoms. The summed E-state index contributed by atoms with van der Waals surface area (Å²) < 4.78 is 6.27. The highest BCUT2D eigenvalue weighted by atomic mass is 16.5. The number of hydrogen-bond acceptors (Lipinski definition) is 3. The summed E-state index contributed by atoms with van der Waals surface area (Å²) in [5.41, 5.74) is 0. The molecule has 0 aliphatic rings. The molecule has 0 aromatic heterocycles. The molecule has 0 bridgehead atoms. The summed E-state index contributed by atoms with van der Waals surface area (Å²) in [6, 6.07) is 0. The zero-order chi connectivity index (χ0) is 21.3. The van der Waals surface area contributed by atoms with Crippen molar-refractivity contribution in [2.75, 3.05) is 47.4 Å². The van der Waals surface area contributed by atoms with E-state index in [1.165, 1.54) is 25.7 Å². The maximum absolute atomic E-state index is 12.6. The summed E-state index contributed by atoms with van der Waals surface area (Å²) in [6.07, 6.45) is 12.1. The number of ether oxygens (including phenoxy) is 1. The number of hydrogen-bond donors (Lipinski definition) is 0. The summed E-state index contributed by atoms with van der Waals surface area (Å²) in [4.78, 5) is 26.4. The number of carbonyl (C=O) groups is 2. The Morgan fingerprint density at radius 2 is 1.32 bits per heavy atom. The van der Waals surface area contributed by atoms with Gasteiger partial charge in [0.05, 0.1) is 34.2 Å². The van der Waals surface area contributed by atoms with Crippen molar-refractivity contribution in [3.05, 3.63) is 0 Å². The second kappa shape index (κ2) is 16.8. The van der Waals surface area contributed by atoms with Crippen LogP contribution in [-0.2, 0) is 14.3 Å². The van der Waals surface area contributed by atoms with Gasteiger partial charge in [0.25, 0.3) is 0 Å². The summed E-state index contributed by atoms with van der Waals surface area (Å²) in [5.74, 6) is 0.0753. The fourth-order valence-corrected chi connectivity index (χ4v) is 3.17. The average molecular weight is 400 g/mol. The van der Waals surface area contributed by atoms with Crippen LogP contribution in [0.1, 0.15) is 90.9 Å². The molecular formula is C23H47N2O3+. The molecule has 1 amide bonds. The smallest absolute Gasteiger partial charge is 0.305 e. The van der Waals surface area contributed by atoms with Crippen molar-refractivity contribution in [1.82, 2.24) is 4.90 Å². The van der Waals surface area contributed by atoms with E-state index in [1.807, 2.05) is 4.90 Å². The van der Waals surface area contributed by atoms with Crippen molar-refractivity contribution in [2.24, 2.45) is 0 Å². The molecule has 0 N–H and O–H groups in total. The van der Waals surface area contributed by atoms with Crippen LogP contribution in [0.25, 0.3) is 0 Å². The summed E-state index contributed by atoms with van der Waals surface area (Å²) in [6.45, 7) is 6.97. The number of amides is 1. The van der Waals surface area contributed by atoms with Gasteiger partial charge in [-0.3, -0.25) is 9.59 Å². The zero-order valence-corrected chi connectivity index (χ0v) is 19.4. The number of unbranched alkanes of at least 4 members (excludes halogenated alkanes) is 7. The molecular weight excluding hydrogens is 352 g/mol. The van der Waals surface area contributed by atoms with E-state index in [1.54, 1.807) is 0 Å². The lowest BCUT2D eigenvalue weighted by molar-refractivity contribution is -0.870. The quantitative estimate of drug-likeness (QED) is 0.189. The Morgan fingerprint density at radius 1 is 0.750 bits per heavy atom. The van der Waals surface area contributed by atoms with Gasteiger partial charge >= 0.3 is 5.97 Å². The number of nitrogens with zero attached hydrogens (tertiary/aromatic N) is 2. The van der Waals surface area contributed by atoms with Crippen molar-refractivity contribution in [3.63, 3.8) is 0 Å².